The van der Waals surface area contributed by atoms with Crippen molar-refractivity contribution in [2.75, 3.05) is 40.4 Å². The molecule has 2 N–H and O–H groups in total. The van der Waals surface area contributed by atoms with Gasteiger partial charge in [-0.1, -0.05) is 5.21 Å². The molecule has 1 amide bonds. The molecule has 0 aliphatic heterocycles. The standard InChI is InChI=1S/C11H19N5O4/c1-15(5-6-20-2)4-3-12-11(19)9-7-16(14-13-9)8-10(17)18/h7H,3-6,8H2,1-2H3,(H,12,19)(H,17,18). The van der Waals surface area contributed by atoms with Gasteiger partial charge in [0.15, 0.2) is 5.69 Å². The van der Waals surface area contributed by atoms with E-state index in [2.05, 4.69) is 15.6 Å². The van der Waals surface area contributed by atoms with Crippen LogP contribution in [-0.2, 0) is 16.1 Å². The topological polar surface area (TPSA) is 110 Å². The summed E-state index contributed by atoms with van der Waals surface area (Å²) in [5.41, 5.74) is 0.103. The Balaban J connectivity index is 2.32. The van der Waals surface area contributed by atoms with E-state index in [-0.39, 0.29) is 18.1 Å². The summed E-state index contributed by atoms with van der Waals surface area (Å²) >= 11 is 0. The number of hydrogen-bond acceptors (Lipinski definition) is 6. The highest BCUT2D eigenvalue weighted by Gasteiger charge is 2.11. The Bertz CT molecular complexity index is 448. The molecule has 1 rings (SSSR count). The molecule has 0 saturated carbocycles. The maximum Gasteiger partial charge on any atom is 0.325 e. The fourth-order valence-electron chi connectivity index (χ4n) is 1.43. The summed E-state index contributed by atoms with van der Waals surface area (Å²) in [5.74, 6) is -1.41. The Morgan fingerprint density at radius 3 is 2.90 bits per heavy atom. The molecular formula is C11H19N5O4. The fraction of sp³-hybridized carbons (Fsp3) is 0.636. The maximum atomic E-state index is 11.7. The lowest BCUT2D eigenvalue weighted by molar-refractivity contribution is -0.137. The van der Waals surface area contributed by atoms with Crippen LogP contribution in [0.2, 0.25) is 0 Å². The SMILES string of the molecule is COCCN(C)CCNC(=O)c1cn(CC(=O)O)nn1. The van der Waals surface area contributed by atoms with Crippen molar-refractivity contribution in [1.82, 2.24) is 25.2 Å². The van der Waals surface area contributed by atoms with Gasteiger partial charge in [0, 0.05) is 26.7 Å². The highest BCUT2D eigenvalue weighted by molar-refractivity contribution is 5.91. The van der Waals surface area contributed by atoms with Crippen molar-refractivity contribution in [3.63, 3.8) is 0 Å². The molecular weight excluding hydrogens is 266 g/mol. The molecule has 1 aromatic heterocycles. The minimum Gasteiger partial charge on any atom is -0.480 e. The largest absolute Gasteiger partial charge is 0.480 e. The van der Waals surface area contributed by atoms with Gasteiger partial charge in [-0.05, 0) is 7.05 Å². The van der Waals surface area contributed by atoms with E-state index in [1.165, 1.54) is 6.20 Å². The summed E-state index contributed by atoms with van der Waals surface area (Å²) in [6.07, 6.45) is 1.30. The van der Waals surface area contributed by atoms with Crippen molar-refractivity contribution >= 4 is 11.9 Å². The number of nitrogens with zero attached hydrogens (tertiary/aromatic N) is 4. The number of carbonyl (C=O) groups excluding carboxylic acids is 1. The molecule has 0 spiro atoms. The number of ether oxygens (including phenoxy) is 1. The maximum absolute atomic E-state index is 11.7. The quantitative estimate of drug-likeness (QED) is 0.578. The lowest BCUT2D eigenvalue weighted by Gasteiger charge is -2.15. The molecule has 112 valence electrons. The molecule has 0 unspecified atom stereocenters. The lowest BCUT2D eigenvalue weighted by atomic mass is 10.4. The summed E-state index contributed by atoms with van der Waals surface area (Å²) in [7, 11) is 3.56. The summed E-state index contributed by atoms with van der Waals surface area (Å²) in [6.45, 7) is 2.23. The predicted molar refractivity (Wildman–Crippen MR) is 69.4 cm³/mol. The van der Waals surface area contributed by atoms with Gasteiger partial charge in [-0.15, -0.1) is 5.10 Å². The predicted octanol–water partition coefficient (Wildman–Crippen LogP) is -1.33. The zero-order valence-electron chi connectivity index (χ0n) is 11.6. The van der Waals surface area contributed by atoms with E-state index < -0.39 is 5.97 Å². The Morgan fingerprint density at radius 2 is 2.25 bits per heavy atom. The van der Waals surface area contributed by atoms with E-state index in [1.807, 2.05) is 11.9 Å². The van der Waals surface area contributed by atoms with Crippen LogP contribution in [0.5, 0.6) is 0 Å². The number of hydrogen-bond donors (Lipinski definition) is 2. The Kier molecular flexibility index (Phi) is 6.60. The number of likely N-dealkylation sites (N-methyl/N-ethyl adjacent to an activating group) is 1. The van der Waals surface area contributed by atoms with E-state index in [9.17, 15) is 9.59 Å². The molecule has 9 heteroatoms. The Hall–Kier alpha value is -2.00. The highest BCUT2D eigenvalue weighted by Crippen LogP contribution is 1.93. The summed E-state index contributed by atoms with van der Waals surface area (Å²) in [6, 6.07) is 0. The molecule has 20 heavy (non-hydrogen) atoms. The number of carboxylic acids is 1. The molecule has 0 bridgehead atoms. The number of carboxylic acid groups (broad SMARTS) is 1. The van der Waals surface area contributed by atoms with Gasteiger partial charge in [0.25, 0.3) is 5.91 Å². The molecule has 0 aliphatic carbocycles. The second-order valence-electron chi connectivity index (χ2n) is 4.25. The van der Waals surface area contributed by atoms with Crippen LogP contribution in [0.4, 0.5) is 0 Å². The van der Waals surface area contributed by atoms with E-state index >= 15 is 0 Å². The van der Waals surface area contributed by atoms with Crippen LogP contribution in [0.25, 0.3) is 0 Å². The summed E-state index contributed by atoms with van der Waals surface area (Å²) < 4.78 is 6.04. The number of aromatic nitrogens is 3. The number of rotatable bonds is 9. The van der Waals surface area contributed by atoms with Crippen LogP contribution in [0.15, 0.2) is 6.20 Å². The zero-order chi connectivity index (χ0) is 15.0. The van der Waals surface area contributed by atoms with Gasteiger partial charge in [0.2, 0.25) is 0 Å². The number of amides is 1. The first-order valence-corrected chi connectivity index (χ1v) is 6.10. The normalized spacial score (nSPS) is 10.8. The molecule has 9 nitrogen and oxygen atoms in total. The third-order valence-electron chi connectivity index (χ3n) is 2.52. The van der Waals surface area contributed by atoms with Crippen molar-refractivity contribution in [1.29, 1.82) is 0 Å². The van der Waals surface area contributed by atoms with Crippen LogP contribution in [0.1, 0.15) is 10.5 Å². The molecule has 0 saturated heterocycles. The average molecular weight is 285 g/mol. The van der Waals surface area contributed by atoms with Crippen LogP contribution in [0.3, 0.4) is 0 Å². The summed E-state index contributed by atoms with van der Waals surface area (Å²) in [4.78, 5) is 24.2. The third kappa shape index (κ3) is 5.76. The van der Waals surface area contributed by atoms with E-state index in [1.54, 1.807) is 7.11 Å². The monoisotopic (exact) mass is 285 g/mol. The van der Waals surface area contributed by atoms with Crippen molar-refractivity contribution < 1.29 is 19.4 Å². The van der Waals surface area contributed by atoms with Gasteiger partial charge in [0.1, 0.15) is 6.54 Å². The number of aliphatic carboxylic acids is 1. The average Bonchev–Trinajstić information content (AvgIpc) is 2.83. The van der Waals surface area contributed by atoms with E-state index in [0.29, 0.717) is 19.7 Å². The molecule has 0 fully saturated rings. The Morgan fingerprint density at radius 1 is 1.50 bits per heavy atom. The highest BCUT2D eigenvalue weighted by atomic mass is 16.5. The minimum atomic E-state index is -1.04. The van der Waals surface area contributed by atoms with Crippen molar-refractivity contribution in [2.24, 2.45) is 0 Å². The second kappa shape index (κ2) is 8.23. The van der Waals surface area contributed by atoms with Crippen LogP contribution >= 0.6 is 0 Å². The second-order valence-corrected chi connectivity index (χ2v) is 4.25. The van der Waals surface area contributed by atoms with Crippen LogP contribution in [0, 0.1) is 0 Å². The summed E-state index contributed by atoms with van der Waals surface area (Å²) in [5, 5.41) is 18.5. The molecule has 0 radical (unpaired) electrons. The Labute approximate surface area is 116 Å². The van der Waals surface area contributed by atoms with Gasteiger partial charge < -0.3 is 20.1 Å². The minimum absolute atomic E-state index is 0.103. The van der Waals surface area contributed by atoms with Crippen LogP contribution < -0.4 is 5.32 Å². The first-order chi connectivity index (χ1) is 9.52. The first-order valence-electron chi connectivity index (χ1n) is 6.10. The van der Waals surface area contributed by atoms with Gasteiger partial charge >= 0.3 is 5.97 Å². The fourth-order valence-corrected chi connectivity index (χ4v) is 1.43. The zero-order valence-corrected chi connectivity index (χ0v) is 11.6. The van der Waals surface area contributed by atoms with Crippen molar-refractivity contribution in [2.45, 2.75) is 6.54 Å². The lowest BCUT2D eigenvalue weighted by Crippen LogP contribution is -2.34. The number of carbonyl (C=O) groups is 2. The molecule has 0 aromatic carbocycles. The van der Waals surface area contributed by atoms with Crippen molar-refractivity contribution in [3.8, 4) is 0 Å². The van der Waals surface area contributed by atoms with Crippen LogP contribution in [-0.4, -0.2) is 77.3 Å². The first kappa shape index (κ1) is 16.1. The van der Waals surface area contributed by atoms with Gasteiger partial charge in [-0.3, -0.25) is 9.59 Å². The molecule has 1 heterocycles. The molecule has 0 atom stereocenters. The molecule has 1 aromatic rings. The smallest absolute Gasteiger partial charge is 0.325 e. The van der Waals surface area contributed by atoms with Gasteiger partial charge in [-0.25, -0.2) is 4.68 Å². The third-order valence-corrected chi connectivity index (χ3v) is 2.52. The number of nitrogens with one attached hydrogen (secondary N) is 1. The van der Waals surface area contributed by atoms with Gasteiger partial charge in [0.05, 0.1) is 12.8 Å². The van der Waals surface area contributed by atoms with Crippen molar-refractivity contribution in [3.05, 3.63) is 11.9 Å². The van der Waals surface area contributed by atoms with E-state index in [0.717, 1.165) is 11.2 Å². The molecule has 0 aliphatic rings. The van der Waals surface area contributed by atoms with Gasteiger partial charge in [-0.2, -0.15) is 0 Å². The van der Waals surface area contributed by atoms with E-state index in [4.69, 9.17) is 9.84 Å². The number of methoxy groups -OCH3 is 1.